The molecule has 0 unspecified atom stereocenters. The van der Waals surface area contributed by atoms with Crippen molar-refractivity contribution < 1.29 is 9.53 Å². The number of ether oxygens (including phenoxy) is 1. The Kier molecular flexibility index (Phi) is 4.33. The van der Waals surface area contributed by atoms with Gasteiger partial charge in [0.1, 0.15) is 17.5 Å². The minimum absolute atomic E-state index is 0.246. The lowest BCUT2D eigenvalue weighted by atomic mass is 10.2. The molecule has 0 aliphatic rings. The van der Waals surface area contributed by atoms with Crippen LogP contribution >= 0.6 is 15.9 Å². The van der Waals surface area contributed by atoms with E-state index in [1.807, 2.05) is 6.07 Å². The average Bonchev–Trinajstić information content (AvgIpc) is 2.47. The molecule has 1 aromatic carbocycles. The normalized spacial score (nSPS) is 9.65. The first-order valence-corrected chi connectivity index (χ1v) is 6.44. The van der Waals surface area contributed by atoms with Crippen molar-refractivity contribution in [1.82, 2.24) is 4.98 Å². The summed E-state index contributed by atoms with van der Waals surface area (Å²) in [6, 6.07) is 10.2. The highest BCUT2D eigenvalue weighted by Crippen LogP contribution is 2.27. The molecule has 0 atom stereocenters. The van der Waals surface area contributed by atoms with Gasteiger partial charge in [-0.3, -0.25) is 4.79 Å². The first-order chi connectivity index (χ1) is 9.63. The Hall–Kier alpha value is -2.39. The first kappa shape index (κ1) is 14.0. The molecule has 5 nitrogen and oxygen atoms in total. The summed E-state index contributed by atoms with van der Waals surface area (Å²) in [6.45, 7) is 0. The predicted octanol–water partition coefficient (Wildman–Crippen LogP) is 2.98. The lowest BCUT2D eigenvalue weighted by Gasteiger charge is -2.07. The maximum atomic E-state index is 12.0. The first-order valence-electron chi connectivity index (χ1n) is 5.65. The standard InChI is InChI=1S/C14H10BrN3O2/c1-20-13-5-3-10(6-11(13)15)18-14(19)12-4-2-9(7-16)8-17-12/h2-6,8H,1H3,(H,18,19). The largest absolute Gasteiger partial charge is 0.496 e. The van der Waals surface area contributed by atoms with Gasteiger partial charge >= 0.3 is 0 Å². The van der Waals surface area contributed by atoms with E-state index in [4.69, 9.17) is 10.00 Å². The van der Waals surface area contributed by atoms with Gasteiger partial charge in [0.2, 0.25) is 0 Å². The number of methoxy groups -OCH3 is 1. The molecule has 0 radical (unpaired) electrons. The number of benzene rings is 1. The fourth-order valence-electron chi connectivity index (χ4n) is 1.53. The number of hydrogen-bond acceptors (Lipinski definition) is 4. The molecule has 0 bridgehead atoms. The van der Waals surface area contributed by atoms with Crippen molar-refractivity contribution in [3.05, 3.63) is 52.3 Å². The monoisotopic (exact) mass is 331 g/mol. The Balaban J connectivity index is 2.14. The third-order valence-corrected chi connectivity index (χ3v) is 3.15. The van der Waals surface area contributed by atoms with Crippen LogP contribution in [0.5, 0.6) is 5.75 Å². The van der Waals surface area contributed by atoms with Crippen LogP contribution in [0.4, 0.5) is 5.69 Å². The van der Waals surface area contributed by atoms with Crippen molar-refractivity contribution in [2.75, 3.05) is 12.4 Å². The van der Waals surface area contributed by atoms with Gasteiger partial charge in [-0.05, 0) is 46.3 Å². The van der Waals surface area contributed by atoms with Crippen molar-refractivity contribution in [1.29, 1.82) is 5.26 Å². The van der Waals surface area contributed by atoms with E-state index >= 15 is 0 Å². The molecular weight excluding hydrogens is 322 g/mol. The molecule has 2 rings (SSSR count). The number of pyridine rings is 1. The van der Waals surface area contributed by atoms with E-state index in [9.17, 15) is 4.79 Å². The fraction of sp³-hybridized carbons (Fsp3) is 0.0714. The van der Waals surface area contributed by atoms with Crippen LogP contribution < -0.4 is 10.1 Å². The predicted molar refractivity (Wildman–Crippen MR) is 77.6 cm³/mol. The molecule has 0 spiro atoms. The number of hydrogen-bond donors (Lipinski definition) is 1. The van der Waals surface area contributed by atoms with E-state index in [1.54, 1.807) is 31.4 Å². The van der Waals surface area contributed by atoms with Crippen molar-refractivity contribution in [3.63, 3.8) is 0 Å². The van der Waals surface area contributed by atoms with E-state index in [-0.39, 0.29) is 11.6 Å². The molecule has 0 saturated carbocycles. The maximum Gasteiger partial charge on any atom is 0.274 e. The number of carbonyl (C=O) groups excluding carboxylic acids is 1. The molecule has 0 aliphatic heterocycles. The molecule has 0 fully saturated rings. The Morgan fingerprint density at radius 2 is 2.20 bits per heavy atom. The molecule has 20 heavy (non-hydrogen) atoms. The van der Waals surface area contributed by atoms with Gasteiger partial charge in [0.25, 0.3) is 5.91 Å². The quantitative estimate of drug-likeness (QED) is 0.938. The van der Waals surface area contributed by atoms with Gasteiger partial charge in [-0.25, -0.2) is 4.98 Å². The number of nitrogens with zero attached hydrogens (tertiary/aromatic N) is 2. The highest BCUT2D eigenvalue weighted by molar-refractivity contribution is 9.10. The Morgan fingerprint density at radius 3 is 2.75 bits per heavy atom. The molecule has 100 valence electrons. The Bertz CT molecular complexity index is 678. The van der Waals surface area contributed by atoms with Crippen LogP contribution in [0.25, 0.3) is 0 Å². The molecular formula is C14H10BrN3O2. The van der Waals surface area contributed by atoms with Crippen LogP contribution in [0, 0.1) is 11.3 Å². The molecule has 1 heterocycles. The van der Waals surface area contributed by atoms with E-state index in [2.05, 4.69) is 26.2 Å². The van der Waals surface area contributed by atoms with Gasteiger partial charge in [0, 0.05) is 11.9 Å². The fourth-order valence-corrected chi connectivity index (χ4v) is 2.07. The second-order valence-electron chi connectivity index (χ2n) is 3.85. The van der Waals surface area contributed by atoms with Crippen molar-refractivity contribution in [2.24, 2.45) is 0 Å². The smallest absolute Gasteiger partial charge is 0.274 e. The summed E-state index contributed by atoms with van der Waals surface area (Å²) in [7, 11) is 1.57. The van der Waals surface area contributed by atoms with Gasteiger partial charge < -0.3 is 10.1 Å². The molecule has 1 N–H and O–H groups in total. The minimum Gasteiger partial charge on any atom is -0.496 e. The third-order valence-electron chi connectivity index (χ3n) is 2.53. The van der Waals surface area contributed by atoms with Gasteiger partial charge in [-0.1, -0.05) is 0 Å². The van der Waals surface area contributed by atoms with Crippen LogP contribution in [0.1, 0.15) is 16.1 Å². The van der Waals surface area contributed by atoms with Crippen LogP contribution in [-0.4, -0.2) is 18.0 Å². The van der Waals surface area contributed by atoms with Crippen LogP contribution in [-0.2, 0) is 0 Å². The Labute approximate surface area is 124 Å². The molecule has 0 saturated heterocycles. The number of aromatic nitrogens is 1. The van der Waals surface area contributed by atoms with E-state index in [1.165, 1.54) is 12.3 Å². The zero-order valence-electron chi connectivity index (χ0n) is 10.6. The molecule has 1 amide bonds. The zero-order chi connectivity index (χ0) is 14.5. The van der Waals surface area contributed by atoms with Crippen LogP contribution in [0.2, 0.25) is 0 Å². The number of rotatable bonds is 3. The summed E-state index contributed by atoms with van der Waals surface area (Å²) in [5.41, 5.74) is 1.28. The van der Waals surface area contributed by atoms with Crippen molar-refractivity contribution >= 4 is 27.5 Å². The minimum atomic E-state index is -0.341. The summed E-state index contributed by atoms with van der Waals surface area (Å²) >= 11 is 3.34. The summed E-state index contributed by atoms with van der Waals surface area (Å²) < 4.78 is 5.85. The SMILES string of the molecule is COc1ccc(NC(=O)c2ccc(C#N)cn2)cc1Br. The number of anilines is 1. The summed E-state index contributed by atoms with van der Waals surface area (Å²) in [5, 5.41) is 11.4. The molecule has 0 aliphatic carbocycles. The number of nitrogens with one attached hydrogen (secondary N) is 1. The Morgan fingerprint density at radius 1 is 1.40 bits per heavy atom. The number of carbonyl (C=O) groups is 1. The topological polar surface area (TPSA) is 75.0 Å². The van der Waals surface area contributed by atoms with Gasteiger partial charge in [-0.15, -0.1) is 0 Å². The third kappa shape index (κ3) is 3.13. The van der Waals surface area contributed by atoms with Gasteiger partial charge in [0.05, 0.1) is 17.1 Å². The lowest BCUT2D eigenvalue weighted by Crippen LogP contribution is -2.13. The van der Waals surface area contributed by atoms with Gasteiger partial charge in [-0.2, -0.15) is 5.26 Å². The maximum absolute atomic E-state index is 12.0. The van der Waals surface area contributed by atoms with Gasteiger partial charge in [0.15, 0.2) is 0 Å². The summed E-state index contributed by atoms with van der Waals surface area (Å²) in [5.74, 6) is 0.339. The van der Waals surface area contributed by atoms with Crippen molar-refractivity contribution in [2.45, 2.75) is 0 Å². The van der Waals surface area contributed by atoms with Crippen LogP contribution in [0.15, 0.2) is 41.0 Å². The molecule has 2 aromatic rings. The molecule has 6 heteroatoms. The second kappa shape index (κ2) is 6.17. The van der Waals surface area contributed by atoms with Crippen LogP contribution in [0.3, 0.4) is 0 Å². The molecule has 1 aromatic heterocycles. The van der Waals surface area contributed by atoms with E-state index < -0.39 is 0 Å². The highest BCUT2D eigenvalue weighted by atomic mass is 79.9. The summed E-state index contributed by atoms with van der Waals surface area (Å²) in [6.07, 6.45) is 1.36. The second-order valence-corrected chi connectivity index (χ2v) is 4.70. The summed E-state index contributed by atoms with van der Waals surface area (Å²) in [4.78, 5) is 15.9. The van der Waals surface area contributed by atoms with Crippen molar-refractivity contribution in [3.8, 4) is 11.8 Å². The number of halogens is 1. The van der Waals surface area contributed by atoms with E-state index in [0.717, 1.165) is 4.47 Å². The number of amides is 1. The zero-order valence-corrected chi connectivity index (χ0v) is 12.1. The highest BCUT2D eigenvalue weighted by Gasteiger charge is 2.09. The number of nitriles is 1. The lowest BCUT2D eigenvalue weighted by molar-refractivity contribution is 0.102. The van der Waals surface area contributed by atoms with E-state index in [0.29, 0.717) is 17.0 Å². The average molecular weight is 332 g/mol.